The number of pyridine rings is 1. The van der Waals surface area contributed by atoms with Gasteiger partial charge in [0, 0.05) is 25.3 Å². The summed E-state index contributed by atoms with van der Waals surface area (Å²) in [4.78, 5) is 24.5. The largest absolute Gasteiger partial charge is 0.453 e. The van der Waals surface area contributed by atoms with E-state index in [1.807, 2.05) is 0 Å². The summed E-state index contributed by atoms with van der Waals surface area (Å²) in [5.41, 5.74) is -0.553. The van der Waals surface area contributed by atoms with Crippen LogP contribution in [0.5, 0.6) is 0 Å². The van der Waals surface area contributed by atoms with Crippen molar-refractivity contribution in [2.24, 2.45) is 0 Å². The van der Waals surface area contributed by atoms with Gasteiger partial charge in [-0.2, -0.15) is 4.31 Å². The summed E-state index contributed by atoms with van der Waals surface area (Å²) in [5.74, 6) is 0. The molecule has 1 aliphatic rings. The summed E-state index contributed by atoms with van der Waals surface area (Å²) in [6.45, 7) is 0.391. The number of carbonyl (C=O) groups is 1. The number of methoxy groups -OCH3 is 1. The highest BCUT2D eigenvalue weighted by molar-refractivity contribution is 7.89. The number of carbonyl (C=O) groups excluding carboxylic acids is 1. The van der Waals surface area contributed by atoms with Gasteiger partial charge in [-0.3, -0.25) is 4.79 Å². The Morgan fingerprint density at radius 3 is 2.90 bits per heavy atom. The fraction of sp³-hybridized carbons (Fsp3) is 0.455. The number of ether oxygens (including phenoxy) is 1. The van der Waals surface area contributed by atoms with Gasteiger partial charge in [-0.25, -0.2) is 13.2 Å². The molecule has 1 saturated heterocycles. The second-order valence-electron chi connectivity index (χ2n) is 4.50. The normalized spacial score (nSPS) is 19.4. The Hall–Kier alpha value is -1.58. The molecule has 1 fully saturated rings. The molecule has 116 valence electrons. The van der Waals surface area contributed by atoms with Crippen LogP contribution in [-0.4, -0.2) is 50.0 Å². The molecule has 21 heavy (non-hydrogen) atoms. The van der Waals surface area contributed by atoms with Crippen LogP contribution in [0.25, 0.3) is 0 Å². The Balaban J connectivity index is 2.16. The van der Waals surface area contributed by atoms with Crippen LogP contribution in [0.1, 0.15) is 6.42 Å². The highest BCUT2D eigenvalue weighted by Crippen LogP contribution is 2.21. The third-order valence-electron chi connectivity index (χ3n) is 3.13. The minimum Gasteiger partial charge on any atom is -0.453 e. The molecular formula is C11H14ClN3O5S. The molecule has 8 nitrogen and oxygen atoms in total. The lowest BCUT2D eigenvalue weighted by molar-refractivity contribution is 0.167. The van der Waals surface area contributed by atoms with Crippen molar-refractivity contribution in [3.8, 4) is 0 Å². The van der Waals surface area contributed by atoms with Gasteiger partial charge >= 0.3 is 6.09 Å². The van der Waals surface area contributed by atoms with E-state index in [0.717, 1.165) is 12.3 Å². The molecule has 2 rings (SSSR count). The van der Waals surface area contributed by atoms with Crippen molar-refractivity contribution in [2.75, 3.05) is 20.2 Å². The molecule has 1 amide bonds. The Labute approximate surface area is 126 Å². The van der Waals surface area contributed by atoms with Gasteiger partial charge in [-0.15, -0.1) is 0 Å². The zero-order valence-electron chi connectivity index (χ0n) is 11.1. The van der Waals surface area contributed by atoms with E-state index in [2.05, 4.69) is 15.0 Å². The molecule has 2 N–H and O–H groups in total. The van der Waals surface area contributed by atoms with E-state index < -0.39 is 21.7 Å². The van der Waals surface area contributed by atoms with E-state index >= 15 is 0 Å². The number of halogens is 1. The van der Waals surface area contributed by atoms with Crippen molar-refractivity contribution in [1.82, 2.24) is 14.6 Å². The van der Waals surface area contributed by atoms with Gasteiger partial charge in [0.15, 0.2) is 0 Å². The van der Waals surface area contributed by atoms with Gasteiger partial charge in [-0.05, 0) is 12.5 Å². The molecule has 0 aromatic carbocycles. The second kappa shape index (κ2) is 6.04. The van der Waals surface area contributed by atoms with Gasteiger partial charge in [0.1, 0.15) is 5.02 Å². The van der Waals surface area contributed by atoms with Crippen LogP contribution in [0, 0.1) is 0 Å². The van der Waals surface area contributed by atoms with Crippen molar-refractivity contribution >= 4 is 27.7 Å². The standard InChI is InChI=1S/C11H14ClN3O5S/c1-20-11(17)14-7-2-3-15(6-7)21(18,19)8-4-9(12)10(16)13-5-8/h4-5,7H,2-3,6H2,1H3,(H,13,16)(H,14,17). The summed E-state index contributed by atoms with van der Waals surface area (Å²) in [6, 6.07) is 0.794. The maximum atomic E-state index is 12.4. The molecular weight excluding hydrogens is 322 g/mol. The highest BCUT2D eigenvalue weighted by Gasteiger charge is 2.33. The molecule has 1 unspecified atom stereocenters. The zero-order chi connectivity index (χ0) is 15.6. The van der Waals surface area contributed by atoms with Crippen LogP contribution in [0.3, 0.4) is 0 Å². The number of alkyl carbamates (subject to hydrolysis) is 1. The lowest BCUT2D eigenvalue weighted by atomic mass is 10.3. The summed E-state index contributed by atoms with van der Waals surface area (Å²) in [6.07, 6.45) is 0.974. The fourth-order valence-electron chi connectivity index (χ4n) is 2.03. The van der Waals surface area contributed by atoms with Crippen molar-refractivity contribution in [2.45, 2.75) is 17.4 Å². The van der Waals surface area contributed by atoms with Crippen molar-refractivity contribution < 1.29 is 17.9 Å². The maximum Gasteiger partial charge on any atom is 0.407 e. The average molecular weight is 336 g/mol. The molecule has 0 bridgehead atoms. The van der Waals surface area contributed by atoms with Crippen LogP contribution in [0.15, 0.2) is 22.0 Å². The minimum absolute atomic E-state index is 0.0918. The molecule has 0 spiro atoms. The zero-order valence-corrected chi connectivity index (χ0v) is 12.7. The SMILES string of the molecule is COC(=O)NC1CCN(S(=O)(=O)c2c[nH]c(=O)c(Cl)c2)C1. The lowest BCUT2D eigenvalue weighted by Gasteiger charge is -2.16. The number of nitrogens with zero attached hydrogens (tertiary/aromatic N) is 1. The summed E-state index contributed by atoms with van der Waals surface area (Å²) in [5, 5.41) is 2.36. The van der Waals surface area contributed by atoms with Gasteiger partial charge in [0.2, 0.25) is 10.0 Å². The number of rotatable bonds is 3. The molecule has 2 heterocycles. The smallest absolute Gasteiger partial charge is 0.407 e. The monoisotopic (exact) mass is 335 g/mol. The molecule has 1 aromatic heterocycles. The third-order valence-corrected chi connectivity index (χ3v) is 5.25. The van der Waals surface area contributed by atoms with Gasteiger partial charge < -0.3 is 15.0 Å². The third kappa shape index (κ3) is 3.36. The van der Waals surface area contributed by atoms with Gasteiger partial charge in [-0.1, -0.05) is 11.6 Å². The summed E-state index contributed by atoms with van der Waals surface area (Å²) >= 11 is 5.64. The number of aromatic nitrogens is 1. The first-order valence-corrected chi connectivity index (χ1v) is 7.89. The molecule has 1 aromatic rings. The van der Waals surface area contributed by atoms with E-state index in [1.165, 1.54) is 11.4 Å². The van der Waals surface area contributed by atoms with Crippen LogP contribution >= 0.6 is 11.6 Å². The Kier molecular flexibility index (Phi) is 4.55. The molecule has 0 saturated carbocycles. The predicted octanol–water partition coefficient (Wildman–Crippen LogP) is 0.147. The first-order chi connectivity index (χ1) is 9.84. The molecule has 0 aliphatic carbocycles. The lowest BCUT2D eigenvalue weighted by Crippen LogP contribution is -2.38. The summed E-state index contributed by atoms with van der Waals surface area (Å²) < 4.78 is 30.5. The van der Waals surface area contributed by atoms with Crippen molar-refractivity contribution in [3.63, 3.8) is 0 Å². The van der Waals surface area contributed by atoms with Crippen LogP contribution in [-0.2, 0) is 14.8 Å². The molecule has 0 radical (unpaired) electrons. The van der Waals surface area contributed by atoms with E-state index in [9.17, 15) is 18.0 Å². The number of H-pyrrole nitrogens is 1. The Bertz CT molecular complexity index is 702. The topological polar surface area (TPSA) is 109 Å². The van der Waals surface area contributed by atoms with Crippen molar-refractivity contribution in [1.29, 1.82) is 0 Å². The maximum absolute atomic E-state index is 12.4. The highest BCUT2D eigenvalue weighted by atomic mass is 35.5. The van der Waals surface area contributed by atoms with E-state index in [1.54, 1.807) is 0 Å². The fourth-order valence-corrected chi connectivity index (χ4v) is 3.76. The minimum atomic E-state index is -3.77. The number of hydrogen-bond donors (Lipinski definition) is 2. The number of amides is 1. The number of aromatic amines is 1. The predicted molar refractivity (Wildman–Crippen MR) is 74.8 cm³/mol. The number of nitrogens with one attached hydrogen (secondary N) is 2. The van der Waals surface area contributed by atoms with E-state index in [0.29, 0.717) is 6.42 Å². The van der Waals surface area contributed by atoms with E-state index in [-0.39, 0.29) is 29.0 Å². The molecule has 1 aliphatic heterocycles. The van der Waals surface area contributed by atoms with E-state index in [4.69, 9.17) is 11.6 Å². The summed E-state index contributed by atoms with van der Waals surface area (Å²) in [7, 11) is -2.53. The average Bonchev–Trinajstić information content (AvgIpc) is 2.90. The second-order valence-corrected chi connectivity index (χ2v) is 6.84. The van der Waals surface area contributed by atoms with Crippen LogP contribution < -0.4 is 10.9 Å². The Morgan fingerprint density at radius 2 is 2.29 bits per heavy atom. The first-order valence-electron chi connectivity index (χ1n) is 6.07. The van der Waals surface area contributed by atoms with Gasteiger partial charge in [0.25, 0.3) is 5.56 Å². The first kappa shape index (κ1) is 15.8. The van der Waals surface area contributed by atoms with Crippen molar-refractivity contribution in [3.05, 3.63) is 27.6 Å². The number of sulfonamides is 1. The quantitative estimate of drug-likeness (QED) is 0.817. The molecule has 10 heteroatoms. The van der Waals surface area contributed by atoms with Crippen LogP contribution in [0.4, 0.5) is 4.79 Å². The molecule has 1 atom stereocenters. The Morgan fingerprint density at radius 1 is 1.57 bits per heavy atom. The van der Waals surface area contributed by atoms with Gasteiger partial charge in [0.05, 0.1) is 12.0 Å². The number of hydrogen-bond acceptors (Lipinski definition) is 5. The van der Waals surface area contributed by atoms with Crippen LogP contribution in [0.2, 0.25) is 5.02 Å².